The molecule has 1 amide bonds. The van der Waals surface area contributed by atoms with Crippen molar-refractivity contribution in [1.82, 2.24) is 10.2 Å². The van der Waals surface area contributed by atoms with Crippen LogP contribution in [0.4, 0.5) is 0 Å². The molecule has 2 rings (SSSR count). The van der Waals surface area contributed by atoms with Crippen molar-refractivity contribution in [2.45, 2.75) is 51.6 Å². The number of amides is 1. The normalized spacial score (nSPS) is 21.6. The maximum absolute atomic E-state index is 12.3. The molecule has 1 aromatic carbocycles. The molecule has 0 spiro atoms. The largest absolute Gasteiger partial charge is 0.355 e. The molecule has 0 aromatic heterocycles. The summed E-state index contributed by atoms with van der Waals surface area (Å²) in [5.74, 6) is -0.174. The van der Waals surface area contributed by atoms with Crippen molar-refractivity contribution in [1.29, 1.82) is 0 Å². The minimum Gasteiger partial charge on any atom is -0.355 e. The molecule has 23 heavy (non-hydrogen) atoms. The van der Waals surface area contributed by atoms with Crippen LogP contribution in [0.1, 0.15) is 51.1 Å². The Kier molecular flexibility index (Phi) is 7.06. The SMILES string of the molecule is CCC1CCCCN1CCNC(=O)C(C)C(N)c1ccccc1. The molecule has 0 bridgehead atoms. The zero-order valence-electron chi connectivity index (χ0n) is 14.5. The molecule has 1 saturated heterocycles. The van der Waals surface area contributed by atoms with Crippen LogP contribution in [-0.2, 0) is 4.79 Å². The molecule has 1 fully saturated rings. The molecule has 3 N–H and O–H groups in total. The predicted molar refractivity (Wildman–Crippen MR) is 95.0 cm³/mol. The second-order valence-electron chi connectivity index (χ2n) is 6.61. The molecule has 1 aliphatic rings. The van der Waals surface area contributed by atoms with E-state index in [0.717, 1.165) is 18.7 Å². The van der Waals surface area contributed by atoms with Crippen molar-refractivity contribution in [2.75, 3.05) is 19.6 Å². The zero-order chi connectivity index (χ0) is 16.7. The fraction of sp³-hybridized carbons (Fsp3) is 0.632. The topological polar surface area (TPSA) is 58.4 Å². The van der Waals surface area contributed by atoms with Gasteiger partial charge in [-0.15, -0.1) is 0 Å². The lowest BCUT2D eigenvalue weighted by molar-refractivity contribution is -0.125. The third kappa shape index (κ3) is 5.05. The molecule has 1 heterocycles. The number of piperidine rings is 1. The van der Waals surface area contributed by atoms with Crippen molar-refractivity contribution >= 4 is 5.91 Å². The number of nitrogens with zero attached hydrogens (tertiary/aromatic N) is 1. The van der Waals surface area contributed by atoms with Crippen LogP contribution in [0.5, 0.6) is 0 Å². The standard InChI is InChI=1S/C19H31N3O/c1-3-17-11-7-8-13-22(17)14-12-21-19(23)15(2)18(20)16-9-5-4-6-10-16/h4-6,9-10,15,17-18H,3,7-8,11-14,20H2,1-2H3,(H,21,23). The summed E-state index contributed by atoms with van der Waals surface area (Å²) in [4.78, 5) is 14.9. The molecular formula is C19H31N3O. The smallest absolute Gasteiger partial charge is 0.224 e. The minimum absolute atomic E-state index is 0.0476. The van der Waals surface area contributed by atoms with Crippen molar-refractivity contribution in [3.63, 3.8) is 0 Å². The number of nitrogens with two attached hydrogens (primary N) is 1. The minimum atomic E-state index is -0.255. The summed E-state index contributed by atoms with van der Waals surface area (Å²) >= 11 is 0. The molecule has 0 saturated carbocycles. The molecule has 1 aromatic rings. The summed E-state index contributed by atoms with van der Waals surface area (Å²) < 4.78 is 0. The first-order chi connectivity index (χ1) is 11.1. The van der Waals surface area contributed by atoms with Crippen molar-refractivity contribution in [3.05, 3.63) is 35.9 Å². The van der Waals surface area contributed by atoms with Crippen LogP contribution in [0.25, 0.3) is 0 Å². The second-order valence-corrected chi connectivity index (χ2v) is 6.61. The Morgan fingerprint density at radius 2 is 2.09 bits per heavy atom. The highest BCUT2D eigenvalue weighted by Gasteiger charge is 2.23. The fourth-order valence-electron chi connectivity index (χ4n) is 3.43. The Bertz CT molecular complexity index is 477. The van der Waals surface area contributed by atoms with Gasteiger partial charge >= 0.3 is 0 Å². The van der Waals surface area contributed by atoms with Gasteiger partial charge in [-0.05, 0) is 31.4 Å². The van der Waals surface area contributed by atoms with E-state index in [4.69, 9.17) is 5.73 Å². The first-order valence-corrected chi connectivity index (χ1v) is 8.95. The van der Waals surface area contributed by atoms with E-state index < -0.39 is 0 Å². The van der Waals surface area contributed by atoms with Crippen molar-refractivity contribution < 1.29 is 4.79 Å². The van der Waals surface area contributed by atoms with Crippen LogP contribution in [0, 0.1) is 5.92 Å². The molecule has 1 aliphatic heterocycles. The highest BCUT2D eigenvalue weighted by Crippen LogP contribution is 2.20. The van der Waals surface area contributed by atoms with E-state index in [1.54, 1.807) is 0 Å². The highest BCUT2D eigenvalue weighted by molar-refractivity contribution is 5.79. The number of hydrogen-bond acceptors (Lipinski definition) is 3. The Hall–Kier alpha value is -1.39. The van der Waals surface area contributed by atoms with Crippen molar-refractivity contribution in [3.8, 4) is 0 Å². The Labute approximate surface area is 140 Å². The summed E-state index contributed by atoms with van der Waals surface area (Å²) in [7, 11) is 0. The number of hydrogen-bond donors (Lipinski definition) is 2. The van der Waals surface area contributed by atoms with E-state index in [1.165, 1.54) is 25.7 Å². The summed E-state index contributed by atoms with van der Waals surface area (Å²) in [5.41, 5.74) is 7.24. The first-order valence-electron chi connectivity index (χ1n) is 8.95. The van der Waals surface area contributed by atoms with Crippen LogP contribution >= 0.6 is 0 Å². The van der Waals surface area contributed by atoms with Gasteiger partial charge in [-0.2, -0.15) is 0 Å². The van der Waals surface area contributed by atoms with Crippen LogP contribution < -0.4 is 11.1 Å². The van der Waals surface area contributed by atoms with Crippen LogP contribution in [-0.4, -0.2) is 36.5 Å². The average Bonchev–Trinajstić information content (AvgIpc) is 2.61. The van der Waals surface area contributed by atoms with Gasteiger partial charge in [0.25, 0.3) is 0 Å². The molecule has 4 heteroatoms. The first kappa shape index (κ1) is 18.0. The van der Waals surface area contributed by atoms with Crippen molar-refractivity contribution in [2.24, 2.45) is 11.7 Å². The molecule has 128 valence electrons. The fourth-order valence-corrected chi connectivity index (χ4v) is 3.43. The number of likely N-dealkylation sites (tertiary alicyclic amines) is 1. The van der Waals surface area contributed by atoms with Gasteiger partial charge in [0.1, 0.15) is 0 Å². The number of benzene rings is 1. The summed E-state index contributed by atoms with van der Waals surface area (Å²) in [5, 5.41) is 3.06. The van der Waals surface area contributed by atoms with Crippen LogP contribution in [0.15, 0.2) is 30.3 Å². The number of rotatable bonds is 7. The summed E-state index contributed by atoms with van der Waals surface area (Å²) in [6.07, 6.45) is 5.10. The molecule has 4 nitrogen and oxygen atoms in total. The monoisotopic (exact) mass is 317 g/mol. The van der Waals surface area contributed by atoms with Gasteiger partial charge in [-0.25, -0.2) is 0 Å². The third-order valence-corrected chi connectivity index (χ3v) is 5.06. The van der Waals surface area contributed by atoms with Gasteiger partial charge in [0.05, 0.1) is 5.92 Å². The van der Waals surface area contributed by atoms with Gasteiger partial charge in [-0.3, -0.25) is 9.69 Å². The van der Waals surface area contributed by atoms with E-state index in [1.807, 2.05) is 37.3 Å². The molecule has 3 unspecified atom stereocenters. The Morgan fingerprint density at radius 1 is 1.35 bits per heavy atom. The Balaban J connectivity index is 1.77. The van der Waals surface area contributed by atoms with Crippen LogP contribution in [0.3, 0.4) is 0 Å². The molecule has 3 atom stereocenters. The highest BCUT2D eigenvalue weighted by atomic mass is 16.1. The van der Waals surface area contributed by atoms with E-state index in [0.29, 0.717) is 12.6 Å². The number of carbonyl (C=O) groups excluding carboxylic acids is 1. The maximum Gasteiger partial charge on any atom is 0.224 e. The molecule has 0 radical (unpaired) electrons. The Morgan fingerprint density at radius 3 is 2.78 bits per heavy atom. The summed E-state index contributed by atoms with van der Waals surface area (Å²) in [6, 6.07) is 10.3. The van der Waals surface area contributed by atoms with Gasteiger partial charge in [0.2, 0.25) is 5.91 Å². The molecule has 0 aliphatic carbocycles. The quantitative estimate of drug-likeness (QED) is 0.813. The third-order valence-electron chi connectivity index (χ3n) is 5.06. The number of carbonyl (C=O) groups is 1. The van der Waals surface area contributed by atoms with Gasteiger partial charge < -0.3 is 11.1 Å². The van der Waals surface area contributed by atoms with Gasteiger partial charge in [0, 0.05) is 25.2 Å². The number of nitrogens with one attached hydrogen (secondary N) is 1. The lowest BCUT2D eigenvalue weighted by Gasteiger charge is -2.35. The average molecular weight is 317 g/mol. The lowest BCUT2D eigenvalue weighted by Crippen LogP contribution is -2.45. The van der Waals surface area contributed by atoms with E-state index in [9.17, 15) is 4.79 Å². The summed E-state index contributed by atoms with van der Waals surface area (Å²) in [6.45, 7) is 6.97. The van der Waals surface area contributed by atoms with E-state index in [2.05, 4.69) is 17.1 Å². The molecular weight excluding hydrogens is 286 g/mol. The second kappa shape index (κ2) is 9.04. The van der Waals surface area contributed by atoms with Gasteiger partial charge in [0.15, 0.2) is 0 Å². The van der Waals surface area contributed by atoms with E-state index in [-0.39, 0.29) is 17.9 Å². The van der Waals surface area contributed by atoms with Gasteiger partial charge in [-0.1, -0.05) is 50.6 Å². The maximum atomic E-state index is 12.3. The predicted octanol–water partition coefficient (Wildman–Crippen LogP) is 2.70. The van der Waals surface area contributed by atoms with E-state index >= 15 is 0 Å². The zero-order valence-corrected chi connectivity index (χ0v) is 14.5. The lowest BCUT2D eigenvalue weighted by atomic mass is 9.94. The van der Waals surface area contributed by atoms with Crippen LogP contribution in [0.2, 0.25) is 0 Å².